The van der Waals surface area contributed by atoms with Gasteiger partial charge in [-0.1, -0.05) is 127 Å². The average Bonchev–Trinajstić information content (AvgIpc) is 4.22. The molecule has 0 saturated carbocycles. The number of piperazine rings is 2. The Labute approximate surface area is 438 Å². The van der Waals surface area contributed by atoms with Gasteiger partial charge in [0.15, 0.2) is 0 Å². The Hall–Kier alpha value is -7.18. The van der Waals surface area contributed by atoms with Crippen molar-refractivity contribution in [2.45, 2.75) is 22.2 Å². The molecule has 0 atom stereocenters. The van der Waals surface area contributed by atoms with E-state index >= 15 is 0 Å². The molecule has 2 saturated heterocycles. The minimum Gasteiger partial charge on any atom is -0.353 e. The topological polar surface area (TPSA) is 130 Å². The molecule has 8 heterocycles. The molecular weight excluding hydrogens is 1010 g/mol. The third kappa shape index (κ3) is 9.05. The third-order valence-corrected chi connectivity index (χ3v) is 19.1. The van der Waals surface area contributed by atoms with Crippen molar-refractivity contribution < 1.29 is 16.8 Å². The molecule has 0 radical (unpaired) electrons. The Bertz CT molecular complexity index is 4070. The van der Waals surface area contributed by atoms with Gasteiger partial charge in [-0.3, -0.25) is 14.8 Å². The van der Waals surface area contributed by atoms with E-state index in [0.717, 1.165) is 126 Å². The number of hydrogen-bond acceptors (Lipinski definition) is 12. The Morgan fingerprint density at radius 3 is 1.47 bits per heavy atom. The number of rotatable bonds is 10. The number of fused-ring (bicyclic) bond motifs is 7. The van der Waals surface area contributed by atoms with Crippen molar-refractivity contribution in [2.75, 3.05) is 62.2 Å². The third-order valence-electron chi connectivity index (χ3n) is 14.0. The van der Waals surface area contributed by atoms with Crippen molar-refractivity contribution in [1.82, 2.24) is 32.7 Å². The second-order valence-electron chi connectivity index (χ2n) is 18.6. The average molecular weight is 1060 g/mol. The van der Waals surface area contributed by atoms with Gasteiger partial charge >= 0.3 is 0 Å². The van der Waals surface area contributed by atoms with Crippen LogP contribution in [0, 0.1) is 0 Å². The molecule has 0 amide bonds. The number of benzene rings is 5. The maximum atomic E-state index is 14.2. The normalized spacial score (nSPS) is 15.1. The van der Waals surface area contributed by atoms with Crippen LogP contribution >= 0.6 is 22.9 Å². The Balaban J connectivity index is 0.000000151. The Morgan fingerprint density at radius 1 is 0.473 bits per heavy atom. The molecule has 5 aromatic carbocycles. The zero-order chi connectivity index (χ0) is 50.4. The summed E-state index contributed by atoms with van der Waals surface area (Å²) < 4.78 is 58.8. The number of hydrogen-bond donors (Lipinski definition) is 0. The fourth-order valence-corrected chi connectivity index (χ4v) is 14.8. The number of thiophene rings is 1. The highest BCUT2D eigenvalue weighted by atomic mass is 35.5. The first kappa shape index (κ1) is 47.8. The van der Waals surface area contributed by atoms with Crippen molar-refractivity contribution in [3.8, 4) is 0 Å². The van der Waals surface area contributed by atoms with Gasteiger partial charge < -0.3 is 9.80 Å². The molecule has 13 rings (SSSR count). The van der Waals surface area contributed by atoms with E-state index in [4.69, 9.17) is 21.6 Å². The summed E-state index contributed by atoms with van der Waals surface area (Å²) in [5.41, 5.74) is 5.94. The lowest BCUT2D eigenvalue weighted by Crippen LogP contribution is -2.46. The van der Waals surface area contributed by atoms with E-state index in [1.807, 2.05) is 91.0 Å². The van der Waals surface area contributed by atoms with E-state index in [2.05, 4.69) is 73.1 Å². The van der Waals surface area contributed by atoms with Crippen LogP contribution in [-0.4, -0.2) is 102 Å². The van der Waals surface area contributed by atoms with Crippen molar-refractivity contribution in [3.63, 3.8) is 0 Å². The fraction of sp³-hybridized carbons (Fsp3) is 0.175. The Kier molecular flexibility index (Phi) is 12.9. The summed E-state index contributed by atoms with van der Waals surface area (Å²) >= 11 is 7.12. The first-order valence-corrected chi connectivity index (χ1v) is 28.6. The van der Waals surface area contributed by atoms with Gasteiger partial charge in [0.25, 0.3) is 20.0 Å². The highest BCUT2D eigenvalue weighted by Crippen LogP contribution is 2.38. The lowest BCUT2D eigenvalue weighted by molar-refractivity contribution is 0.249. The van der Waals surface area contributed by atoms with Gasteiger partial charge in [0, 0.05) is 111 Å². The summed E-state index contributed by atoms with van der Waals surface area (Å²) in [6.07, 6.45) is 4.92. The van der Waals surface area contributed by atoms with Crippen molar-refractivity contribution in [3.05, 3.63) is 198 Å². The number of halogens is 1. The van der Waals surface area contributed by atoms with Gasteiger partial charge in [-0.05, 0) is 59.7 Å². The zero-order valence-electron chi connectivity index (χ0n) is 40.2. The lowest BCUT2D eigenvalue weighted by atomic mass is 10.1. The lowest BCUT2D eigenvalue weighted by Gasteiger charge is -2.36. The molecule has 0 aliphatic carbocycles. The molecule has 17 heteroatoms. The minimum atomic E-state index is -3.93. The van der Waals surface area contributed by atoms with E-state index in [0.29, 0.717) is 20.9 Å². The predicted octanol–water partition coefficient (Wildman–Crippen LogP) is 10.8. The van der Waals surface area contributed by atoms with Gasteiger partial charge in [-0.2, -0.15) is 8.42 Å². The second-order valence-corrected chi connectivity index (χ2v) is 24.1. The van der Waals surface area contributed by atoms with Crippen LogP contribution in [-0.2, 0) is 33.1 Å². The van der Waals surface area contributed by atoms with Crippen LogP contribution in [0.1, 0.15) is 11.1 Å². The molecule has 2 fully saturated rings. The second kappa shape index (κ2) is 19.9. The Morgan fingerprint density at radius 2 is 0.959 bits per heavy atom. The van der Waals surface area contributed by atoms with E-state index in [1.54, 1.807) is 42.9 Å². The summed E-state index contributed by atoms with van der Waals surface area (Å²) in [5.74, 6) is 1.66. The molecular formula is C57H50ClN9O4S3. The quantitative estimate of drug-likeness (QED) is 0.130. The van der Waals surface area contributed by atoms with Crippen LogP contribution in [0.4, 0.5) is 11.6 Å². The highest BCUT2D eigenvalue weighted by Gasteiger charge is 2.29. The monoisotopic (exact) mass is 1060 g/mol. The van der Waals surface area contributed by atoms with Gasteiger partial charge in [0.05, 0.1) is 31.9 Å². The smallest absolute Gasteiger partial charge is 0.277 e. The van der Waals surface area contributed by atoms with E-state index in [1.165, 1.54) is 19.1 Å². The standard InChI is InChI=1S/C31H27N5O2S.C26H23ClN4O2S2/c37-39(38,28-14-6-10-24-11-7-16-32-29(24)28)36-17-15-26-30(36)25-12-4-5-13-27(25)33-31(26)35-20-18-34(19-21-35)22-23-8-2-1-3-9-23;27-23-10-11-24(34-23)35(32,33)31-13-12-21-25(31)20-8-4-5-9-22(20)28-26(21)30-16-14-29(15-17-30)18-19-6-2-1-3-7-19/h1-17H,18-22H2;1-13H,14-18H2. The number of nitrogens with zero attached hydrogens (tertiary/aromatic N) is 9. The molecule has 0 spiro atoms. The summed E-state index contributed by atoms with van der Waals surface area (Å²) in [5, 5.41) is 4.08. The van der Waals surface area contributed by atoms with E-state index < -0.39 is 20.0 Å². The van der Waals surface area contributed by atoms with Crippen molar-refractivity contribution >= 4 is 109 Å². The molecule has 0 N–H and O–H groups in total. The first-order chi connectivity index (χ1) is 36.1. The van der Waals surface area contributed by atoms with Gasteiger partial charge in [0.1, 0.15) is 20.7 Å². The zero-order valence-corrected chi connectivity index (χ0v) is 43.4. The molecule has 0 bridgehead atoms. The van der Waals surface area contributed by atoms with Crippen LogP contribution in [0.25, 0.3) is 54.5 Å². The van der Waals surface area contributed by atoms with Crippen LogP contribution < -0.4 is 9.80 Å². The summed E-state index contributed by atoms with van der Waals surface area (Å²) in [7, 11) is -7.72. The van der Waals surface area contributed by atoms with Crippen molar-refractivity contribution in [2.24, 2.45) is 0 Å². The highest BCUT2D eigenvalue weighted by molar-refractivity contribution is 7.92. The number of para-hydroxylation sites is 3. The van der Waals surface area contributed by atoms with E-state index in [9.17, 15) is 16.8 Å². The van der Waals surface area contributed by atoms with Crippen LogP contribution in [0.15, 0.2) is 191 Å². The predicted molar refractivity (Wildman–Crippen MR) is 299 cm³/mol. The van der Waals surface area contributed by atoms with Gasteiger partial charge in [-0.25, -0.2) is 26.3 Å². The van der Waals surface area contributed by atoms with Crippen LogP contribution in [0.5, 0.6) is 0 Å². The summed E-state index contributed by atoms with van der Waals surface area (Å²) in [4.78, 5) is 24.1. The number of pyridine rings is 3. The molecule has 0 unspecified atom stereocenters. The molecule has 372 valence electrons. The first-order valence-electron chi connectivity index (χ1n) is 24.5. The molecule has 13 nitrogen and oxygen atoms in total. The maximum Gasteiger partial charge on any atom is 0.277 e. The van der Waals surface area contributed by atoms with Crippen molar-refractivity contribution in [1.29, 1.82) is 0 Å². The number of anilines is 2. The molecule has 2 aliphatic rings. The van der Waals surface area contributed by atoms with E-state index in [-0.39, 0.29) is 9.10 Å². The molecule has 11 aromatic rings. The van der Waals surface area contributed by atoms with Crippen LogP contribution in [0.2, 0.25) is 4.34 Å². The SMILES string of the molecule is O=S(=O)(c1ccc(Cl)s1)n1ccc2c(N3CCN(Cc4ccccc4)CC3)nc3ccccc3c21.O=S(=O)(c1cccc2cccnc12)n1ccc2c(N3CCN(Cc4ccccc4)CC3)nc3ccccc3c21. The molecule has 2 aliphatic heterocycles. The fourth-order valence-electron chi connectivity index (χ4n) is 10.3. The summed E-state index contributed by atoms with van der Waals surface area (Å²) in [6.45, 7) is 8.77. The van der Waals surface area contributed by atoms with Gasteiger partial charge in [-0.15, -0.1) is 11.3 Å². The molecule has 74 heavy (non-hydrogen) atoms. The van der Waals surface area contributed by atoms with Crippen LogP contribution in [0.3, 0.4) is 0 Å². The maximum absolute atomic E-state index is 14.2. The molecule has 6 aromatic heterocycles. The number of aromatic nitrogens is 5. The summed E-state index contributed by atoms with van der Waals surface area (Å²) in [6, 6.07) is 52.4. The largest absolute Gasteiger partial charge is 0.353 e. The minimum absolute atomic E-state index is 0.190. The van der Waals surface area contributed by atoms with Gasteiger partial charge in [0.2, 0.25) is 0 Å².